The number of thiophene rings is 1. The van der Waals surface area contributed by atoms with Gasteiger partial charge in [0.15, 0.2) is 0 Å². The van der Waals surface area contributed by atoms with Gasteiger partial charge in [-0.05, 0) is 32.3 Å². The number of rotatable bonds is 4. The van der Waals surface area contributed by atoms with Crippen molar-refractivity contribution in [3.63, 3.8) is 0 Å². The van der Waals surface area contributed by atoms with Crippen molar-refractivity contribution in [3.8, 4) is 0 Å². The standard InChI is InChI=1S/C20H28N4O2S/c1-3-26-20(25)17-14(2)16-18(21-13-22-19(16)27-17)24-11-9-23(10-12-24)15-7-5-4-6-8-15/h13,15H,3-12H2,1-2H3. The van der Waals surface area contributed by atoms with Crippen LogP contribution in [0.3, 0.4) is 0 Å². The number of aryl methyl sites for hydroxylation is 1. The van der Waals surface area contributed by atoms with Crippen LogP contribution in [0.15, 0.2) is 6.33 Å². The van der Waals surface area contributed by atoms with Gasteiger partial charge in [0.1, 0.15) is 21.9 Å². The minimum absolute atomic E-state index is 0.258. The van der Waals surface area contributed by atoms with E-state index in [9.17, 15) is 4.79 Å². The number of anilines is 1. The fourth-order valence-corrected chi connectivity index (χ4v) is 5.47. The van der Waals surface area contributed by atoms with Gasteiger partial charge in [0.25, 0.3) is 0 Å². The van der Waals surface area contributed by atoms with Gasteiger partial charge in [0.05, 0.1) is 12.0 Å². The lowest BCUT2D eigenvalue weighted by Gasteiger charge is -2.41. The predicted molar refractivity (Wildman–Crippen MR) is 109 cm³/mol. The van der Waals surface area contributed by atoms with Crippen molar-refractivity contribution in [2.45, 2.75) is 52.0 Å². The summed E-state index contributed by atoms with van der Waals surface area (Å²) in [5, 5.41) is 1.01. The molecule has 0 spiro atoms. The molecule has 2 aromatic rings. The average Bonchev–Trinajstić information content (AvgIpc) is 3.06. The third kappa shape index (κ3) is 3.67. The number of nitrogens with zero attached hydrogens (tertiary/aromatic N) is 4. The predicted octanol–water partition coefficient (Wildman–Crippen LogP) is 3.63. The molecule has 6 nitrogen and oxygen atoms in total. The van der Waals surface area contributed by atoms with Crippen molar-refractivity contribution in [2.75, 3.05) is 37.7 Å². The molecule has 0 unspecified atom stereocenters. The van der Waals surface area contributed by atoms with Crippen molar-refractivity contribution in [2.24, 2.45) is 0 Å². The van der Waals surface area contributed by atoms with Crippen LogP contribution in [0.1, 0.15) is 54.3 Å². The Labute approximate surface area is 164 Å². The van der Waals surface area contributed by atoms with Crippen LogP contribution in [0.4, 0.5) is 5.82 Å². The van der Waals surface area contributed by atoms with Gasteiger partial charge in [-0.15, -0.1) is 11.3 Å². The van der Waals surface area contributed by atoms with Crippen LogP contribution < -0.4 is 4.90 Å². The molecule has 1 aliphatic carbocycles. The largest absolute Gasteiger partial charge is 0.462 e. The lowest BCUT2D eigenvalue weighted by molar-refractivity contribution is 0.0531. The average molecular weight is 389 g/mol. The summed E-state index contributed by atoms with van der Waals surface area (Å²) in [4.78, 5) is 27.8. The molecule has 0 radical (unpaired) electrons. The zero-order valence-electron chi connectivity index (χ0n) is 16.2. The molecule has 0 amide bonds. The van der Waals surface area contributed by atoms with E-state index in [2.05, 4.69) is 19.8 Å². The quantitative estimate of drug-likeness (QED) is 0.746. The molecule has 1 saturated heterocycles. The van der Waals surface area contributed by atoms with Gasteiger partial charge in [-0.3, -0.25) is 4.90 Å². The molecule has 2 aromatic heterocycles. The number of aromatic nitrogens is 2. The Hall–Kier alpha value is -1.73. The molecule has 3 heterocycles. The summed E-state index contributed by atoms with van der Waals surface area (Å²) in [7, 11) is 0. The first-order valence-corrected chi connectivity index (χ1v) is 10.9. The molecule has 2 fully saturated rings. The Morgan fingerprint density at radius 3 is 2.63 bits per heavy atom. The molecule has 0 N–H and O–H groups in total. The van der Waals surface area contributed by atoms with Crippen LogP contribution in [0.2, 0.25) is 0 Å². The molecule has 0 aromatic carbocycles. The summed E-state index contributed by atoms with van der Waals surface area (Å²) in [5.41, 5.74) is 0.943. The number of carbonyl (C=O) groups excluding carboxylic acids is 1. The van der Waals surface area contributed by atoms with E-state index in [1.54, 1.807) is 6.33 Å². The van der Waals surface area contributed by atoms with E-state index in [1.165, 1.54) is 43.4 Å². The first-order chi connectivity index (χ1) is 13.2. The fourth-order valence-electron chi connectivity index (χ4n) is 4.43. The minimum Gasteiger partial charge on any atom is -0.462 e. The highest BCUT2D eigenvalue weighted by atomic mass is 32.1. The van der Waals surface area contributed by atoms with Crippen molar-refractivity contribution in [1.29, 1.82) is 0 Å². The molecule has 27 heavy (non-hydrogen) atoms. The summed E-state index contributed by atoms with van der Waals surface area (Å²) in [6, 6.07) is 0.768. The van der Waals surface area contributed by atoms with Crippen LogP contribution >= 0.6 is 11.3 Å². The number of ether oxygens (including phenoxy) is 1. The summed E-state index contributed by atoms with van der Waals surface area (Å²) >= 11 is 1.41. The monoisotopic (exact) mass is 388 g/mol. The maximum absolute atomic E-state index is 12.3. The summed E-state index contributed by atoms with van der Waals surface area (Å²) < 4.78 is 5.21. The number of esters is 1. The third-order valence-electron chi connectivity index (χ3n) is 5.87. The zero-order valence-corrected chi connectivity index (χ0v) is 17.1. The molecule has 1 saturated carbocycles. The Bertz CT molecular complexity index is 808. The van der Waals surface area contributed by atoms with Crippen molar-refractivity contribution >= 4 is 33.3 Å². The number of piperazine rings is 1. The van der Waals surface area contributed by atoms with Gasteiger partial charge in [0, 0.05) is 32.2 Å². The SMILES string of the molecule is CCOC(=O)c1sc2ncnc(N3CCN(C4CCCCC4)CC3)c2c1C. The Balaban J connectivity index is 1.54. The summed E-state index contributed by atoms with van der Waals surface area (Å²) in [6.45, 7) is 8.33. The normalized spacial score (nSPS) is 19.6. The number of carbonyl (C=O) groups is 1. The van der Waals surface area contributed by atoms with Crippen LogP contribution in [0.25, 0.3) is 10.2 Å². The number of hydrogen-bond donors (Lipinski definition) is 0. The first-order valence-electron chi connectivity index (χ1n) is 10.1. The topological polar surface area (TPSA) is 58.6 Å². The highest BCUT2D eigenvalue weighted by molar-refractivity contribution is 7.20. The van der Waals surface area contributed by atoms with E-state index in [-0.39, 0.29) is 5.97 Å². The molecule has 4 rings (SSSR count). The van der Waals surface area contributed by atoms with Gasteiger partial charge < -0.3 is 9.64 Å². The zero-order chi connectivity index (χ0) is 18.8. The van der Waals surface area contributed by atoms with Crippen LogP contribution in [0, 0.1) is 6.92 Å². The highest BCUT2D eigenvalue weighted by Gasteiger charge is 2.28. The number of fused-ring (bicyclic) bond motifs is 1. The lowest BCUT2D eigenvalue weighted by atomic mass is 9.94. The second-order valence-corrected chi connectivity index (χ2v) is 8.47. The fraction of sp³-hybridized carbons (Fsp3) is 0.650. The smallest absolute Gasteiger partial charge is 0.348 e. The van der Waals surface area contributed by atoms with E-state index >= 15 is 0 Å². The molecular formula is C20H28N4O2S. The van der Waals surface area contributed by atoms with Crippen molar-refractivity contribution < 1.29 is 9.53 Å². The third-order valence-corrected chi connectivity index (χ3v) is 7.05. The van der Waals surface area contributed by atoms with Gasteiger partial charge in [-0.2, -0.15) is 0 Å². The Morgan fingerprint density at radius 2 is 1.93 bits per heavy atom. The molecule has 1 aliphatic heterocycles. The first kappa shape index (κ1) is 18.6. The molecule has 146 valence electrons. The van der Waals surface area contributed by atoms with Crippen molar-refractivity contribution in [3.05, 3.63) is 16.8 Å². The van der Waals surface area contributed by atoms with Crippen LogP contribution in [-0.2, 0) is 4.74 Å². The van der Waals surface area contributed by atoms with E-state index in [4.69, 9.17) is 4.74 Å². The molecule has 7 heteroatoms. The Morgan fingerprint density at radius 1 is 1.19 bits per heavy atom. The van der Waals surface area contributed by atoms with Gasteiger partial charge in [-0.1, -0.05) is 19.3 Å². The Kier molecular flexibility index (Phi) is 5.59. The van der Waals surface area contributed by atoms with E-state index in [0.29, 0.717) is 11.5 Å². The number of hydrogen-bond acceptors (Lipinski definition) is 7. The van der Waals surface area contributed by atoms with Crippen LogP contribution in [0.5, 0.6) is 0 Å². The molecular weight excluding hydrogens is 360 g/mol. The van der Waals surface area contributed by atoms with Crippen LogP contribution in [-0.4, -0.2) is 59.7 Å². The molecule has 0 atom stereocenters. The van der Waals surface area contributed by atoms with E-state index < -0.39 is 0 Å². The maximum atomic E-state index is 12.3. The highest BCUT2D eigenvalue weighted by Crippen LogP contribution is 2.36. The van der Waals surface area contributed by atoms with E-state index in [0.717, 1.165) is 53.8 Å². The van der Waals surface area contributed by atoms with Crippen molar-refractivity contribution in [1.82, 2.24) is 14.9 Å². The molecule has 2 aliphatic rings. The van der Waals surface area contributed by atoms with Gasteiger partial charge in [-0.25, -0.2) is 14.8 Å². The minimum atomic E-state index is -0.258. The van der Waals surface area contributed by atoms with Gasteiger partial charge in [0.2, 0.25) is 0 Å². The maximum Gasteiger partial charge on any atom is 0.348 e. The van der Waals surface area contributed by atoms with Gasteiger partial charge >= 0.3 is 5.97 Å². The molecule has 0 bridgehead atoms. The second kappa shape index (κ2) is 8.10. The summed E-state index contributed by atoms with van der Waals surface area (Å²) in [5.74, 6) is 0.707. The lowest BCUT2D eigenvalue weighted by Crippen LogP contribution is -2.51. The second-order valence-electron chi connectivity index (χ2n) is 7.47. The van der Waals surface area contributed by atoms with E-state index in [1.807, 2.05) is 13.8 Å². The summed E-state index contributed by atoms with van der Waals surface area (Å²) in [6.07, 6.45) is 8.48.